The maximum atomic E-state index is 8.45. The maximum Gasteiger partial charge on any atom is 0.103 e. The molecule has 0 fully saturated rings. The minimum absolute atomic E-state index is 0.625. The Morgan fingerprint density at radius 3 is 1.35 bits per heavy atom. The highest BCUT2D eigenvalue weighted by Crippen LogP contribution is 2.10. The summed E-state index contributed by atoms with van der Waals surface area (Å²) < 4.78 is 0. The minimum atomic E-state index is -0.625. The molecule has 0 aliphatic heterocycles. The molecule has 3 nitrogen and oxygen atoms in total. The van der Waals surface area contributed by atoms with Gasteiger partial charge in [0.2, 0.25) is 0 Å². The van der Waals surface area contributed by atoms with Crippen LogP contribution in [0.15, 0.2) is 0 Å². The number of hydrogen-bond donors (Lipinski definition) is 4. The van der Waals surface area contributed by atoms with Crippen LogP contribution in [0.2, 0.25) is 0 Å². The Labute approximate surface area is 132 Å². The predicted octanol–water partition coefficient (Wildman–Crippen LogP) is 4.09. The van der Waals surface area contributed by atoms with Crippen molar-refractivity contribution in [1.29, 1.82) is 0 Å². The first-order chi connectivity index (χ1) is 9.54. The number of unbranched alkanes of at least 4 members (excludes halogenated alkanes) is 9. The Balaban J connectivity index is 0. The Morgan fingerprint density at radius 2 is 1.10 bits per heavy atom. The van der Waals surface area contributed by atoms with Crippen LogP contribution in [-0.2, 0) is 0 Å². The first kappa shape index (κ1) is 22.5. The molecule has 0 heterocycles. The SMILES string of the molecule is CC(O)NC(C)O.CCCCCCCCCCCCS. The molecule has 0 aromatic rings. The summed E-state index contributed by atoms with van der Waals surface area (Å²) in [4.78, 5) is 0. The fourth-order valence-electron chi connectivity index (χ4n) is 1.95. The average Bonchev–Trinajstić information content (AvgIpc) is 2.36. The zero-order valence-electron chi connectivity index (χ0n) is 13.8. The van der Waals surface area contributed by atoms with E-state index >= 15 is 0 Å². The summed E-state index contributed by atoms with van der Waals surface area (Å²) in [6, 6.07) is 0. The quantitative estimate of drug-likeness (QED) is 0.249. The Morgan fingerprint density at radius 1 is 0.750 bits per heavy atom. The van der Waals surface area contributed by atoms with Crippen LogP contribution >= 0.6 is 12.6 Å². The first-order valence-electron chi connectivity index (χ1n) is 8.27. The molecule has 0 radical (unpaired) electrons. The third kappa shape index (κ3) is 26.7. The lowest BCUT2D eigenvalue weighted by atomic mass is 10.1. The fourth-order valence-corrected chi connectivity index (χ4v) is 2.17. The first-order valence-corrected chi connectivity index (χ1v) is 8.90. The summed E-state index contributed by atoms with van der Waals surface area (Å²) in [5, 5.41) is 19.3. The molecule has 20 heavy (non-hydrogen) atoms. The zero-order chi connectivity index (χ0) is 15.6. The molecule has 0 spiro atoms. The summed E-state index contributed by atoms with van der Waals surface area (Å²) in [5.41, 5.74) is 0. The second kappa shape index (κ2) is 19.2. The van der Waals surface area contributed by atoms with Gasteiger partial charge in [-0.2, -0.15) is 12.6 Å². The molecule has 3 N–H and O–H groups in total. The second-order valence-corrected chi connectivity index (χ2v) is 5.87. The van der Waals surface area contributed by atoms with Crippen molar-refractivity contribution in [3.63, 3.8) is 0 Å². The highest BCUT2D eigenvalue weighted by atomic mass is 32.1. The van der Waals surface area contributed by atoms with Crippen LogP contribution in [0.3, 0.4) is 0 Å². The molecule has 0 aliphatic carbocycles. The number of hydrogen-bond acceptors (Lipinski definition) is 4. The monoisotopic (exact) mass is 307 g/mol. The van der Waals surface area contributed by atoms with Gasteiger partial charge in [0.25, 0.3) is 0 Å². The van der Waals surface area contributed by atoms with E-state index in [4.69, 9.17) is 10.2 Å². The van der Waals surface area contributed by atoms with E-state index in [0.717, 1.165) is 5.75 Å². The number of rotatable bonds is 12. The van der Waals surface area contributed by atoms with Gasteiger partial charge in [0.1, 0.15) is 12.5 Å². The summed E-state index contributed by atoms with van der Waals surface area (Å²) >= 11 is 4.20. The molecule has 2 atom stereocenters. The lowest BCUT2D eigenvalue weighted by Gasteiger charge is -2.08. The lowest BCUT2D eigenvalue weighted by Crippen LogP contribution is -2.33. The topological polar surface area (TPSA) is 52.5 Å². The van der Waals surface area contributed by atoms with Crippen LogP contribution < -0.4 is 5.32 Å². The number of nitrogens with one attached hydrogen (secondary N) is 1. The molecule has 4 heteroatoms. The summed E-state index contributed by atoms with van der Waals surface area (Å²) in [7, 11) is 0. The van der Waals surface area contributed by atoms with Crippen molar-refractivity contribution in [3.05, 3.63) is 0 Å². The van der Waals surface area contributed by atoms with Gasteiger partial charge in [-0.1, -0.05) is 64.7 Å². The minimum Gasteiger partial charge on any atom is -0.379 e. The average molecular weight is 308 g/mol. The second-order valence-electron chi connectivity index (χ2n) is 5.42. The van der Waals surface area contributed by atoms with Gasteiger partial charge in [-0.15, -0.1) is 0 Å². The van der Waals surface area contributed by atoms with E-state index in [0.29, 0.717) is 0 Å². The van der Waals surface area contributed by atoms with Crippen molar-refractivity contribution in [3.8, 4) is 0 Å². The fraction of sp³-hybridized carbons (Fsp3) is 1.00. The van der Waals surface area contributed by atoms with Gasteiger partial charge >= 0.3 is 0 Å². The predicted molar refractivity (Wildman–Crippen MR) is 92.2 cm³/mol. The lowest BCUT2D eigenvalue weighted by molar-refractivity contribution is 0.0632. The van der Waals surface area contributed by atoms with Gasteiger partial charge in [-0.3, -0.25) is 5.32 Å². The summed E-state index contributed by atoms with van der Waals surface area (Å²) in [6.07, 6.45) is 12.9. The Bertz CT molecular complexity index is 151. The third-order valence-corrected chi connectivity index (χ3v) is 3.31. The molecule has 0 saturated heterocycles. The third-order valence-electron chi connectivity index (χ3n) is 2.99. The van der Waals surface area contributed by atoms with E-state index in [1.165, 1.54) is 64.2 Å². The number of thiol groups is 1. The van der Waals surface area contributed by atoms with E-state index in [-0.39, 0.29) is 0 Å². The smallest absolute Gasteiger partial charge is 0.103 e. The van der Waals surface area contributed by atoms with Crippen LogP contribution in [-0.4, -0.2) is 28.4 Å². The van der Waals surface area contributed by atoms with Crippen LogP contribution in [0.25, 0.3) is 0 Å². The van der Waals surface area contributed by atoms with Gasteiger partial charge in [-0.05, 0) is 26.0 Å². The van der Waals surface area contributed by atoms with Crippen LogP contribution in [0.4, 0.5) is 0 Å². The Hall–Kier alpha value is 0.230. The molecule has 124 valence electrons. The van der Waals surface area contributed by atoms with Crippen molar-refractivity contribution < 1.29 is 10.2 Å². The van der Waals surface area contributed by atoms with Crippen LogP contribution in [0.1, 0.15) is 85.0 Å². The Kier molecular flexibility index (Phi) is 21.6. The van der Waals surface area contributed by atoms with Crippen molar-refractivity contribution in [2.24, 2.45) is 0 Å². The summed E-state index contributed by atoms with van der Waals surface area (Å²) in [6.45, 7) is 5.37. The number of aliphatic hydroxyl groups excluding tert-OH is 2. The molecule has 0 aliphatic rings. The number of aliphatic hydroxyl groups is 2. The van der Waals surface area contributed by atoms with Gasteiger partial charge in [0, 0.05) is 0 Å². The molecular weight excluding hydrogens is 270 g/mol. The van der Waals surface area contributed by atoms with E-state index in [1.54, 1.807) is 13.8 Å². The molecule has 0 aromatic heterocycles. The van der Waals surface area contributed by atoms with E-state index in [2.05, 4.69) is 24.9 Å². The maximum absolute atomic E-state index is 8.45. The molecule has 0 aromatic carbocycles. The molecule has 2 unspecified atom stereocenters. The van der Waals surface area contributed by atoms with Gasteiger partial charge in [0.15, 0.2) is 0 Å². The molecule has 0 rings (SSSR count). The van der Waals surface area contributed by atoms with Crippen molar-refractivity contribution in [2.75, 3.05) is 5.75 Å². The van der Waals surface area contributed by atoms with Crippen molar-refractivity contribution in [2.45, 2.75) is 97.4 Å². The van der Waals surface area contributed by atoms with Gasteiger partial charge in [-0.25, -0.2) is 0 Å². The molecule has 0 saturated carbocycles. The highest BCUT2D eigenvalue weighted by Gasteiger charge is 1.95. The van der Waals surface area contributed by atoms with Crippen LogP contribution in [0, 0.1) is 0 Å². The standard InChI is InChI=1S/C12H26S.C4H11NO2/c1-2-3-4-5-6-7-8-9-10-11-12-13;1-3(6)5-4(2)7/h13H,2-12H2,1H3;3-7H,1-2H3. The molecular formula is C16H37NO2S. The van der Waals surface area contributed by atoms with E-state index < -0.39 is 12.5 Å². The zero-order valence-corrected chi connectivity index (χ0v) is 14.7. The molecule has 0 amide bonds. The van der Waals surface area contributed by atoms with E-state index in [1.807, 2.05) is 0 Å². The van der Waals surface area contributed by atoms with Gasteiger partial charge in [0.05, 0.1) is 0 Å². The van der Waals surface area contributed by atoms with E-state index in [9.17, 15) is 0 Å². The van der Waals surface area contributed by atoms with Gasteiger partial charge < -0.3 is 10.2 Å². The normalized spacial score (nSPS) is 13.5. The molecule has 0 bridgehead atoms. The highest BCUT2D eigenvalue weighted by molar-refractivity contribution is 7.80. The largest absolute Gasteiger partial charge is 0.379 e. The van der Waals surface area contributed by atoms with Crippen molar-refractivity contribution >= 4 is 12.6 Å². The summed E-state index contributed by atoms with van der Waals surface area (Å²) in [5.74, 6) is 1.07. The van der Waals surface area contributed by atoms with Crippen molar-refractivity contribution in [1.82, 2.24) is 5.32 Å². The van der Waals surface area contributed by atoms with Crippen LogP contribution in [0.5, 0.6) is 0 Å².